The lowest BCUT2D eigenvalue weighted by Gasteiger charge is -2.22. The van der Waals surface area contributed by atoms with Gasteiger partial charge in [0.15, 0.2) is 0 Å². The zero-order valence-electron chi connectivity index (χ0n) is 11.0. The molecule has 0 fully saturated rings. The lowest BCUT2D eigenvalue weighted by atomic mass is 9.96. The molecule has 1 N–H and O–H groups in total. The van der Waals surface area contributed by atoms with E-state index in [0.717, 1.165) is 16.6 Å². The van der Waals surface area contributed by atoms with Crippen molar-refractivity contribution in [3.05, 3.63) is 56.4 Å². The molecule has 1 atom stereocenters. The molecule has 0 aliphatic rings. The van der Waals surface area contributed by atoms with E-state index in [4.69, 9.17) is 0 Å². The van der Waals surface area contributed by atoms with Crippen LogP contribution in [0.15, 0.2) is 40.2 Å². The lowest BCUT2D eigenvalue weighted by Crippen LogP contribution is -2.25. The summed E-state index contributed by atoms with van der Waals surface area (Å²) in [6, 6.07) is 9.12. The van der Waals surface area contributed by atoms with Crippen LogP contribution in [0, 0.1) is 11.7 Å². The first-order valence-electron chi connectivity index (χ1n) is 6.28. The largest absolute Gasteiger partial charge is 0.305 e. The number of halogens is 2. The van der Waals surface area contributed by atoms with Gasteiger partial charge in [0.25, 0.3) is 0 Å². The van der Waals surface area contributed by atoms with Gasteiger partial charge in [-0.1, -0.05) is 26.0 Å². The molecule has 0 saturated heterocycles. The van der Waals surface area contributed by atoms with E-state index >= 15 is 0 Å². The minimum atomic E-state index is -0.187. The highest BCUT2D eigenvalue weighted by Crippen LogP contribution is 2.24. The van der Waals surface area contributed by atoms with Gasteiger partial charge in [0.1, 0.15) is 5.82 Å². The van der Waals surface area contributed by atoms with E-state index in [1.807, 2.05) is 12.1 Å². The Kier molecular flexibility index (Phi) is 5.13. The maximum atomic E-state index is 13.0. The van der Waals surface area contributed by atoms with Gasteiger partial charge in [0, 0.05) is 27.3 Å². The summed E-state index contributed by atoms with van der Waals surface area (Å²) in [5.41, 5.74) is 1.13. The van der Waals surface area contributed by atoms with Crippen LogP contribution in [-0.2, 0) is 6.54 Å². The summed E-state index contributed by atoms with van der Waals surface area (Å²) in [7, 11) is 0. The van der Waals surface area contributed by atoms with Gasteiger partial charge in [-0.25, -0.2) is 4.39 Å². The molecule has 102 valence electrons. The molecule has 1 nitrogen and oxygen atoms in total. The fourth-order valence-corrected chi connectivity index (χ4v) is 3.47. The third-order valence-electron chi connectivity index (χ3n) is 3.01. The molecule has 1 aromatic carbocycles. The predicted molar refractivity (Wildman–Crippen MR) is 82.8 cm³/mol. The van der Waals surface area contributed by atoms with E-state index < -0.39 is 0 Å². The first-order chi connectivity index (χ1) is 9.06. The highest BCUT2D eigenvalue weighted by molar-refractivity contribution is 9.10. The smallest absolute Gasteiger partial charge is 0.123 e. The van der Waals surface area contributed by atoms with Gasteiger partial charge < -0.3 is 5.32 Å². The Bertz CT molecular complexity index is 521. The van der Waals surface area contributed by atoms with Crippen LogP contribution in [0.5, 0.6) is 0 Å². The molecule has 1 heterocycles. The second-order valence-electron chi connectivity index (χ2n) is 4.89. The molecule has 19 heavy (non-hydrogen) atoms. The molecule has 0 saturated carbocycles. The van der Waals surface area contributed by atoms with E-state index in [0.29, 0.717) is 5.92 Å². The van der Waals surface area contributed by atoms with Gasteiger partial charge in [-0.2, -0.15) is 0 Å². The minimum absolute atomic E-state index is 0.187. The van der Waals surface area contributed by atoms with Crippen molar-refractivity contribution in [1.82, 2.24) is 5.32 Å². The van der Waals surface area contributed by atoms with Crippen LogP contribution in [0.1, 0.15) is 30.3 Å². The van der Waals surface area contributed by atoms with Gasteiger partial charge in [-0.3, -0.25) is 0 Å². The van der Waals surface area contributed by atoms with E-state index in [1.165, 1.54) is 17.0 Å². The van der Waals surface area contributed by atoms with Crippen LogP contribution in [0.25, 0.3) is 0 Å². The first-order valence-corrected chi connectivity index (χ1v) is 7.95. The molecule has 0 bridgehead atoms. The van der Waals surface area contributed by atoms with Gasteiger partial charge in [-0.05, 0) is 45.6 Å². The molecular formula is C15H17BrFNS. The molecule has 2 aromatic rings. The number of thiophene rings is 1. The molecule has 0 spiro atoms. The Morgan fingerprint density at radius 3 is 2.47 bits per heavy atom. The minimum Gasteiger partial charge on any atom is -0.305 e. The second-order valence-corrected chi connectivity index (χ2v) is 6.80. The number of nitrogens with one attached hydrogen (secondary N) is 1. The van der Waals surface area contributed by atoms with Crippen molar-refractivity contribution in [3.8, 4) is 0 Å². The van der Waals surface area contributed by atoms with E-state index in [-0.39, 0.29) is 11.9 Å². The highest BCUT2D eigenvalue weighted by atomic mass is 79.9. The summed E-state index contributed by atoms with van der Waals surface area (Å²) in [6.45, 7) is 5.17. The Hall–Kier alpha value is -0.710. The molecule has 1 unspecified atom stereocenters. The number of rotatable bonds is 5. The summed E-state index contributed by atoms with van der Waals surface area (Å²) in [5, 5.41) is 5.63. The van der Waals surface area contributed by atoms with Crippen molar-refractivity contribution < 1.29 is 4.39 Å². The van der Waals surface area contributed by atoms with Crippen LogP contribution in [0.3, 0.4) is 0 Å². The van der Waals surface area contributed by atoms with Crippen LogP contribution >= 0.6 is 27.3 Å². The molecule has 2 rings (SSSR count). The average molecular weight is 342 g/mol. The molecule has 0 radical (unpaired) electrons. The molecule has 0 aliphatic carbocycles. The Balaban J connectivity index is 2.06. The fourth-order valence-electron chi connectivity index (χ4n) is 2.07. The maximum absolute atomic E-state index is 13.0. The van der Waals surface area contributed by atoms with Gasteiger partial charge >= 0.3 is 0 Å². The first kappa shape index (κ1) is 14.7. The van der Waals surface area contributed by atoms with Crippen LogP contribution < -0.4 is 5.32 Å². The van der Waals surface area contributed by atoms with Crippen molar-refractivity contribution in [2.75, 3.05) is 0 Å². The maximum Gasteiger partial charge on any atom is 0.123 e. The summed E-state index contributed by atoms with van der Waals surface area (Å²) >= 11 is 5.19. The van der Waals surface area contributed by atoms with Crippen molar-refractivity contribution >= 4 is 27.3 Å². The summed E-state index contributed by atoms with van der Waals surface area (Å²) in [5.74, 6) is 0.266. The van der Waals surface area contributed by atoms with E-state index in [9.17, 15) is 4.39 Å². The quantitative estimate of drug-likeness (QED) is 0.794. The van der Waals surface area contributed by atoms with Crippen LogP contribution in [-0.4, -0.2) is 0 Å². The Morgan fingerprint density at radius 2 is 1.95 bits per heavy atom. The molecule has 4 heteroatoms. The number of hydrogen-bond acceptors (Lipinski definition) is 2. The van der Waals surface area contributed by atoms with Crippen molar-refractivity contribution in [3.63, 3.8) is 0 Å². The Morgan fingerprint density at radius 1 is 1.26 bits per heavy atom. The molecule has 0 amide bonds. The zero-order chi connectivity index (χ0) is 13.8. The van der Waals surface area contributed by atoms with Crippen molar-refractivity contribution in [1.29, 1.82) is 0 Å². The summed E-state index contributed by atoms with van der Waals surface area (Å²) < 4.78 is 14.1. The second kappa shape index (κ2) is 6.64. The summed E-state index contributed by atoms with van der Waals surface area (Å²) in [4.78, 5) is 1.29. The van der Waals surface area contributed by atoms with Crippen molar-refractivity contribution in [2.24, 2.45) is 5.92 Å². The number of benzene rings is 1. The monoisotopic (exact) mass is 341 g/mol. The zero-order valence-corrected chi connectivity index (χ0v) is 13.4. The standard InChI is InChI=1S/C15H17BrFNS/c1-10(2)15(11-3-5-13(17)6-4-11)18-8-14-7-12(16)9-19-14/h3-7,9-10,15,18H,8H2,1-2H3. The molecule has 1 aromatic heterocycles. The fraction of sp³-hybridized carbons (Fsp3) is 0.333. The molecular weight excluding hydrogens is 325 g/mol. The van der Waals surface area contributed by atoms with E-state index in [1.54, 1.807) is 11.3 Å². The lowest BCUT2D eigenvalue weighted by molar-refractivity contribution is 0.411. The van der Waals surface area contributed by atoms with Crippen LogP contribution in [0.2, 0.25) is 0 Å². The topological polar surface area (TPSA) is 12.0 Å². The third kappa shape index (κ3) is 4.13. The number of hydrogen-bond donors (Lipinski definition) is 1. The third-order valence-corrected chi connectivity index (χ3v) is 4.71. The predicted octanol–water partition coefficient (Wildman–Crippen LogP) is 5.14. The SMILES string of the molecule is CC(C)C(NCc1cc(Br)cs1)c1ccc(F)cc1. The van der Waals surface area contributed by atoms with Crippen molar-refractivity contribution in [2.45, 2.75) is 26.4 Å². The van der Waals surface area contributed by atoms with Crippen LogP contribution in [0.4, 0.5) is 4.39 Å². The highest BCUT2D eigenvalue weighted by Gasteiger charge is 2.15. The van der Waals surface area contributed by atoms with Gasteiger partial charge in [0.2, 0.25) is 0 Å². The normalized spacial score (nSPS) is 12.9. The summed E-state index contributed by atoms with van der Waals surface area (Å²) in [6.07, 6.45) is 0. The average Bonchev–Trinajstić information content (AvgIpc) is 2.77. The molecule has 0 aliphatic heterocycles. The van der Waals surface area contributed by atoms with Gasteiger partial charge in [-0.15, -0.1) is 11.3 Å². The van der Waals surface area contributed by atoms with Gasteiger partial charge in [0.05, 0.1) is 0 Å². The van der Waals surface area contributed by atoms with E-state index in [2.05, 4.69) is 46.5 Å². The Labute approximate surface area is 126 Å².